The van der Waals surface area contributed by atoms with Crippen LogP contribution < -0.4 is 20.1 Å². The standard InChI is InChI=1S/C42H55N6O10PS/c1-9-25-20-42(25,59(53,54)56-10-2)23-43-37(50)33-18-28(21-48(33)38(51)35(41(5,6)7)46-40(52)58-26-13-11-12-14-26)57-34-19-31(44-30-17-27(55-8)15-16-29(30)34)32-22-60-39(45-32)47-36(49)24(3)4/h9,15-17,19,22-26,28,33,35H,1,10-14,18,20-21H2,2-8H3,(H,46,52)(H,53,54)(H,45,47,49)/t25-,28-,33?,35?,42-/m1/s1. The largest absolute Gasteiger partial charge is 0.497 e. The molecule has 6 atom stereocenters. The zero-order valence-electron chi connectivity index (χ0n) is 35.1. The molecule has 3 aliphatic rings. The van der Waals surface area contributed by atoms with Crippen molar-refractivity contribution in [2.45, 2.75) is 110 Å². The number of fused-ring (bicyclic) bond motifs is 1. The molecule has 3 unspecified atom stereocenters. The maximum absolute atomic E-state index is 14.7. The Morgan fingerprint density at radius 2 is 1.87 bits per heavy atom. The number of thiazole rings is 1. The van der Waals surface area contributed by atoms with Gasteiger partial charge in [0.05, 0.1) is 31.5 Å². The molecule has 3 heterocycles. The van der Waals surface area contributed by atoms with Crippen molar-refractivity contribution in [1.29, 1.82) is 0 Å². The normalized spacial score (nSPS) is 23.4. The van der Waals surface area contributed by atoms with Crippen molar-refractivity contribution in [2.75, 3.05) is 25.6 Å². The first-order valence-corrected chi connectivity index (χ1v) is 22.7. The summed E-state index contributed by atoms with van der Waals surface area (Å²) < 4.78 is 36.4. The van der Waals surface area contributed by atoms with Gasteiger partial charge in [-0.1, -0.05) is 40.7 Å². The molecule has 1 aliphatic heterocycles. The smallest absolute Gasteiger partial charge is 0.408 e. The molecule has 3 aromatic rings. The van der Waals surface area contributed by atoms with E-state index in [9.17, 15) is 28.6 Å². The summed E-state index contributed by atoms with van der Waals surface area (Å²) in [6.07, 6.45) is 4.61. The number of hydrogen-bond donors (Lipinski definition) is 3. The van der Waals surface area contributed by atoms with Crippen molar-refractivity contribution in [3.8, 4) is 22.9 Å². The van der Waals surface area contributed by atoms with E-state index in [4.69, 9.17) is 23.7 Å². The number of benzene rings is 1. The van der Waals surface area contributed by atoms with E-state index in [0.29, 0.717) is 38.9 Å². The maximum Gasteiger partial charge on any atom is 0.408 e. The van der Waals surface area contributed by atoms with Crippen LogP contribution in [0.25, 0.3) is 22.3 Å². The molecule has 2 aromatic heterocycles. The third-order valence-electron chi connectivity index (χ3n) is 11.1. The fourth-order valence-corrected chi connectivity index (χ4v) is 10.0. The summed E-state index contributed by atoms with van der Waals surface area (Å²) in [5, 5.41) is 6.98. The molecular weight excluding hydrogens is 812 g/mol. The molecule has 4 amide bonds. The van der Waals surface area contributed by atoms with Crippen molar-refractivity contribution in [1.82, 2.24) is 20.2 Å². The van der Waals surface area contributed by atoms with Crippen LogP contribution in [0.3, 0.4) is 0 Å². The van der Waals surface area contributed by atoms with Gasteiger partial charge < -0.3 is 39.2 Å². The number of carbonyl (C=O) groups excluding carboxylic acids is 4. The Balaban J connectivity index is 1.34. The van der Waals surface area contributed by atoms with Crippen molar-refractivity contribution in [2.24, 2.45) is 22.2 Å². The Labute approximate surface area is 354 Å². The van der Waals surface area contributed by atoms with E-state index in [0.717, 1.165) is 25.7 Å². The molecule has 3 fully saturated rings. The van der Waals surface area contributed by atoms with Gasteiger partial charge in [0.1, 0.15) is 46.6 Å². The predicted octanol–water partition coefficient (Wildman–Crippen LogP) is 7.16. The van der Waals surface area contributed by atoms with E-state index in [2.05, 4.69) is 27.2 Å². The summed E-state index contributed by atoms with van der Waals surface area (Å²) in [6.45, 7) is 14.3. The summed E-state index contributed by atoms with van der Waals surface area (Å²) in [7, 11) is -2.71. The van der Waals surface area contributed by atoms with Crippen LogP contribution in [0.2, 0.25) is 0 Å². The van der Waals surface area contributed by atoms with Crippen molar-refractivity contribution < 1.29 is 47.4 Å². The van der Waals surface area contributed by atoms with E-state index in [-0.39, 0.29) is 43.9 Å². The van der Waals surface area contributed by atoms with Crippen LogP contribution in [0.15, 0.2) is 47.3 Å². The van der Waals surface area contributed by atoms with Gasteiger partial charge in [0, 0.05) is 47.4 Å². The predicted molar refractivity (Wildman–Crippen MR) is 229 cm³/mol. The number of amides is 4. The number of alkyl carbamates (subject to hydrolysis) is 1. The summed E-state index contributed by atoms with van der Waals surface area (Å²) in [5.74, 6) is -1.19. The molecule has 2 saturated carbocycles. The van der Waals surface area contributed by atoms with Crippen LogP contribution in [0.1, 0.15) is 80.1 Å². The first-order valence-electron chi connectivity index (χ1n) is 20.3. The lowest BCUT2D eigenvalue weighted by Gasteiger charge is -2.35. The van der Waals surface area contributed by atoms with Crippen LogP contribution >= 0.6 is 18.9 Å². The highest BCUT2D eigenvalue weighted by molar-refractivity contribution is 7.56. The summed E-state index contributed by atoms with van der Waals surface area (Å²) >= 11 is 1.25. The van der Waals surface area contributed by atoms with Gasteiger partial charge in [0.25, 0.3) is 5.91 Å². The number of aliphatic imine (C=N–C) groups is 1. The lowest BCUT2D eigenvalue weighted by Crippen LogP contribution is -2.57. The Morgan fingerprint density at radius 1 is 1.13 bits per heavy atom. The molecule has 1 aromatic carbocycles. The third kappa shape index (κ3) is 9.75. The van der Waals surface area contributed by atoms with Gasteiger partial charge in [-0.2, -0.15) is 0 Å². The number of aromatic nitrogens is 2. The molecule has 0 bridgehead atoms. The first-order chi connectivity index (χ1) is 28.4. The number of pyridine rings is 1. The molecule has 6 rings (SSSR count). The second kappa shape index (κ2) is 18.1. The van der Waals surface area contributed by atoms with Crippen molar-refractivity contribution >= 4 is 65.0 Å². The van der Waals surface area contributed by atoms with Gasteiger partial charge in [-0.25, -0.2) is 19.8 Å². The lowest BCUT2D eigenvalue weighted by atomic mass is 9.85. The van der Waals surface area contributed by atoms with Gasteiger partial charge in [-0.3, -0.25) is 18.9 Å². The highest BCUT2D eigenvalue weighted by Crippen LogP contribution is 2.70. The monoisotopic (exact) mass is 866 g/mol. The number of anilines is 1. The summed E-state index contributed by atoms with van der Waals surface area (Å²) in [6, 6.07) is 4.76. The van der Waals surface area contributed by atoms with Gasteiger partial charge in [-0.05, 0) is 56.6 Å². The molecule has 16 nitrogen and oxygen atoms in total. The number of nitrogens with zero attached hydrogens (tertiary/aromatic N) is 4. The van der Waals surface area contributed by atoms with E-state index in [1.807, 2.05) is 0 Å². The molecule has 1 saturated heterocycles. The van der Waals surface area contributed by atoms with Crippen LogP contribution in [-0.2, 0) is 28.2 Å². The Bertz CT molecular complexity index is 2200. The third-order valence-corrected chi connectivity index (χ3v) is 14.2. The quantitative estimate of drug-likeness (QED) is 0.0790. The minimum absolute atomic E-state index is 0.00279. The number of ether oxygens (including phenoxy) is 3. The topological polar surface area (TPSA) is 208 Å². The zero-order valence-corrected chi connectivity index (χ0v) is 36.8. The molecule has 0 spiro atoms. The Hall–Kier alpha value is -4.70. The molecule has 18 heteroatoms. The van der Waals surface area contributed by atoms with E-state index < -0.39 is 60.2 Å². The number of rotatable bonds is 15. The van der Waals surface area contributed by atoms with Crippen LogP contribution in [0.4, 0.5) is 9.93 Å². The number of nitrogens with one attached hydrogen (secondary N) is 2. The molecular formula is C42H55N6O10PS. The second-order valence-electron chi connectivity index (χ2n) is 16.9. The Morgan fingerprint density at radius 3 is 2.50 bits per heavy atom. The molecule has 3 N–H and O–H groups in total. The Kier molecular flexibility index (Phi) is 13.5. The van der Waals surface area contributed by atoms with Crippen molar-refractivity contribution in [3.05, 3.63) is 42.3 Å². The fourth-order valence-electron chi connectivity index (χ4n) is 7.58. The average molecular weight is 867 g/mol. The van der Waals surface area contributed by atoms with Crippen molar-refractivity contribution in [3.63, 3.8) is 0 Å². The lowest BCUT2D eigenvalue weighted by molar-refractivity contribution is -0.141. The fraction of sp³-hybridized carbons (Fsp3) is 0.548. The van der Waals surface area contributed by atoms with Gasteiger partial charge in [0.15, 0.2) is 5.13 Å². The number of allylic oxidation sites excluding steroid dienone is 1. The van der Waals surface area contributed by atoms with E-state index in [1.54, 1.807) is 78.3 Å². The highest BCUT2D eigenvalue weighted by atomic mass is 32.1. The number of carbonyl (C=O) groups is 4. The molecule has 0 radical (unpaired) electrons. The van der Waals surface area contributed by atoms with E-state index >= 15 is 0 Å². The summed E-state index contributed by atoms with van der Waals surface area (Å²) in [4.78, 5) is 80.4. The minimum Gasteiger partial charge on any atom is -0.497 e. The van der Waals surface area contributed by atoms with Crippen LogP contribution in [-0.4, -0.2) is 99.5 Å². The molecule has 324 valence electrons. The van der Waals surface area contributed by atoms with Crippen LogP contribution in [0.5, 0.6) is 11.5 Å². The second-order valence-corrected chi connectivity index (χ2v) is 19.9. The first kappa shape index (κ1) is 44.8. The number of likely N-dealkylation sites (tertiary alicyclic amines) is 1. The SMILES string of the molecule is C=C[C@@H]1C[C@]1(C=NC(=O)C1C[C@@H](Oc2cc(-c3csc(NC(=O)C(C)C)n3)nc3cc(OC)ccc23)CN1C(=O)C(NC(=O)OC1CCCC1)C(C)(C)C)P(=O)(O)OCC. The zero-order chi connectivity index (χ0) is 43.6. The number of methoxy groups -OCH3 is 1. The van der Waals surface area contributed by atoms with Gasteiger partial charge in [-0.15, -0.1) is 17.9 Å². The number of hydrogen-bond acceptors (Lipinski definition) is 12. The maximum atomic E-state index is 14.7. The average Bonchev–Trinajstić information content (AvgIpc) is 3.57. The van der Waals surface area contributed by atoms with E-state index in [1.165, 1.54) is 28.5 Å². The molecule has 2 aliphatic carbocycles. The van der Waals surface area contributed by atoms with Gasteiger partial charge in [0.2, 0.25) is 11.8 Å². The molecule has 60 heavy (non-hydrogen) atoms. The highest BCUT2D eigenvalue weighted by Gasteiger charge is 2.65. The summed E-state index contributed by atoms with van der Waals surface area (Å²) in [5.41, 5.74) is 0.650. The minimum atomic E-state index is -4.25. The van der Waals surface area contributed by atoms with Gasteiger partial charge >= 0.3 is 13.7 Å². The van der Waals surface area contributed by atoms with Crippen LogP contribution in [0, 0.1) is 17.3 Å².